The summed E-state index contributed by atoms with van der Waals surface area (Å²) in [7, 11) is 5.91. The molecule has 0 fully saturated rings. The molecule has 116 valence electrons. The first-order valence-corrected chi connectivity index (χ1v) is 7.29. The topological polar surface area (TPSA) is 53.8 Å². The zero-order valence-corrected chi connectivity index (χ0v) is 13.2. The van der Waals surface area contributed by atoms with Crippen molar-refractivity contribution in [3.8, 4) is 16.9 Å². The molecule has 0 aliphatic carbocycles. The molecule has 0 aliphatic heterocycles. The highest BCUT2D eigenvalue weighted by Crippen LogP contribution is 2.31. The Labute approximate surface area is 131 Å². The first kappa shape index (κ1) is 16.0. The van der Waals surface area contributed by atoms with Crippen LogP contribution < -0.4 is 14.7 Å². The molecule has 2 aromatic carbocycles. The molecule has 0 saturated carbocycles. The summed E-state index contributed by atoms with van der Waals surface area (Å²) >= 11 is 0. The molecular formula is C18H21NO3. The van der Waals surface area contributed by atoms with Gasteiger partial charge < -0.3 is 19.5 Å². The third-order valence-electron chi connectivity index (χ3n) is 3.61. The summed E-state index contributed by atoms with van der Waals surface area (Å²) in [6.45, 7) is 1.06. The van der Waals surface area contributed by atoms with Crippen LogP contribution in [0.1, 0.15) is 15.9 Å². The number of carbonyl (C=O) groups excluding carboxylic acids is 1. The fourth-order valence-electron chi connectivity index (χ4n) is 2.31. The van der Waals surface area contributed by atoms with Crippen LogP contribution in [0.3, 0.4) is 0 Å². The Morgan fingerprint density at radius 1 is 1.14 bits per heavy atom. The molecule has 0 aliphatic rings. The molecule has 4 nitrogen and oxygen atoms in total. The fourth-order valence-corrected chi connectivity index (χ4v) is 2.31. The minimum absolute atomic E-state index is 0.174. The lowest BCUT2D eigenvalue weighted by Gasteiger charge is -2.13. The number of carboxylic acids is 1. The monoisotopic (exact) mass is 299 g/mol. The molecule has 1 N–H and O–H groups in total. The number of methoxy groups -OCH3 is 1. The van der Waals surface area contributed by atoms with Gasteiger partial charge in [0.05, 0.1) is 33.7 Å². The number of ether oxygens (including phenoxy) is 1. The van der Waals surface area contributed by atoms with E-state index >= 15 is 0 Å². The Kier molecular flexibility index (Phi) is 5.17. The standard InChI is InChI=1S/C18H21NO3/c1-19(2)11-10-13-4-9-16(17(12-13)22-3)14-5-7-15(8-6-14)18(20)21/h4-9,12H,10-11H2,1-3H3,(H,20,21). The summed E-state index contributed by atoms with van der Waals surface area (Å²) in [5.74, 6) is -0.368. The third kappa shape index (κ3) is 3.86. The molecule has 0 spiro atoms. The number of rotatable bonds is 6. The Balaban J connectivity index is 2.28. The van der Waals surface area contributed by atoms with Gasteiger partial charge in [-0.25, -0.2) is 0 Å². The minimum atomic E-state index is -1.17. The number of likely N-dealkylation sites (N-methyl/N-ethyl adjacent to an activating group) is 1. The normalized spacial score (nSPS) is 10.7. The molecule has 0 saturated heterocycles. The van der Waals surface area contributed by atoms with E-state index in [0.717, 1.165) is 29.8 Å². The van der Waals surface area contributed by atoms with Crippen molar-refractivity contribution in [2.45, 2.75) is 6.42 Å². The van der Waals surface area contributed by atoms with Crippen LogP contribution in [0.4, 0.5) is 0 Å². The van der Waals surface area contributed by atoms with E-state index in [1.54, 1.807) is 31.4 Å². The smallest absolute Gasteiger partial charge is 0.126 e. The van der Waals surface area contributed by atoms with E-state index in [2.05, 4.69) is 20.2 Å². The highest BCUT2D eigenvalue weighted by Gasteiger charge is 2.08. The van der Waals surface area contributed by atoms with Crippen LogP contribution in [-0.2, 0) is 6.42 Å². The first-order chi connectivity index (χ1) is 10.5. The van der Waals surface area contributed by atoms with Gasteiger partial charge in [0.2, 0.25) is 0 Å². The number of carbonyl (C=O) groups is 1. The van der Waals surface area contributed by atoms with Crippen molar-refractivity contribution in [3.05, 3.63) is 53.6 Å². The Morgan fingerprint density at radius 3 is 2.36 bits per heavy atom. The first-order valence-electron chi connectivity index (χ1n) is 7.29. The van der Waals surface area contributed by atoms with E-state index in [1.807, 2.05) is 12.1 Å². The van der Waals surface area contributed by atoms with Crippen molar-refractivity contribution in [3.63, 3.8) is 0 Å². The highest BCUT2D eigenvalue weighted by atomic mass is 16.5. The molecule has 2 rings (SSSR count). The van der Waals surface area contributed by atoms with Gasteiger partial charge >= 0.3 is 0 Å². The average molecular weight is 299 g/mol. The van der Waals surface area contributed by atoms with Crippen LogP contribution in [0.25, 0.3) is 11.1 Å². The van der Waals surface area contributed by atoms with Crippen molar-refractivity contribution in [2.75, 3.05) is 27.7 Å². The molecular weight excluding hydrogens is 278 g/mol. The maximum Gasteiger partial charge on any atom is 0.126 e. The molecule has 0 bridgehead atoms. The van der Waals surface area contributed by atoms with Crippen LogP contribution in [-0.4, -0.2) is 33.7 Å². The van der Waals surface area contributed by atoms with Crippen LogP contribution in [0, 0.1) is 0 Å². The molecule has 22 heavy (non-hydrogen) atoms. The lowest BCUT2D eigenvalue weighted by Crippen LogP contribution is -3.05. The quantitative estimate of drug-likeness (QED) is 0.841. The third-order valence-corrected chi connectivity index (χ3v) is 3.61. The van der Waals surface area contributed by atoms with Crippen molar-refractivity contribution in [1.29, 1.82) is 0 Å². The van der Waals surface area contributed by atoms with Gasteiger partial charge in [-0.15, -0.1) is 0 Å². The van der Waals surface area contributed by atoms with E-state index in [0.29, 0.717) is 0 Å². The summed E-state index contributed by atoms with van der Waals surface area (Å²) in [4.78, 5) is 12.2. The maximum atomic E-state index is 10.8. The van der Waals surface area contributed by atoms with Gasteiger partial charge in [-0.2, -0.15) is 0 Å². The molecule has 0 heterocycles. The van der Waals surface area contributed by atoms with Crippen molar-refractivity contribution in [2.24, 2.45) is 0 Å². The summed E-state index contributed by atoms with van der Waals surface area (Å²) in [6.07, 6.45) is 0.989. The Morgan fingerprint density at radius 2 is 1.82 bits per heavy atom. The second kappa shape index (κ2) is 7.09. The van der Waals surface area contributed by atoms with Crippen molar-refractivity contribution < 1.29 is 19.5 Å². The number of nitrogens with one attached hydrogen (secondary N) is 1. The molecule has 0 unspecified atom stereocenters. The van der Waals surface area contributed by atoms with Gasteiger partial charge in [-0.05, 0) is 22.8 Å². The summed E-state index contributed by atoms with van der Waals surface area (Å²) in [5.41, 5.74) is 3.28. The van der Waals surface area contributed by atoms with E-state index in [4.69, 9.17) is 4.74 Å². The van der Waals surface area contributed by atoms with E-state index < -0.39 is 5.97 Å². The van der Waals surface area contributed by atoms with Gasteiger partial charge in [-0.1, -0.05) is 36.4 Å². The zero-order chi connectivity index (χ0) is 16.1. The largest absolute Gasteiger partial charge is 0.545 e. The summed E-state index contributed by atoms with van der Waals surface area (Å²) in [5, 5.41) is 10.8. The number of carboxylic acid groups (broad SMARTS) is 1. The van der Waals surface area contributed by atoms with Crippen molar-refractivity contribution >= 4 is 5.97 Å². The lowest BCUT2D eigenvalue weighted by atomic mass is 10.00. The van der Waals surface area contributed by atoms with Crippen LogP contribution in [0.5, 0.6) is 5.75 Å². The van der Waals surface area contributed by atoms with Crippen LogP contribution >= 0.6 is 0 Å². The highest BCUT2D eigenvalue weighted by molar-refractivity contribution is 5.86. The average Bonchev–Trinajstić information content (AvgIpc) is 2.52. The SMILES string of the molecule is COc1cc(CC[NH+](C)C)ccc1-c1ccc(C(=O)[O-])cc1. The molecule has 0 aromatic heterocycles. The number of benzene rings is 2. The van der Waals surface area contributed by atoms with Crippen LogP contribution in [0.15, 0.2) is 42.5 Å². The van der Waals surface area contributed by atoms with Gasteiger partial charge in [0.1, 0.15) is 5.75 Å². The molecule has 0 atom stereocenters. The minimum Gasteiger partial charge on any atom is -0.545 e. The van der Waals surface area contributed by atoms with Gasteiger partial charge in [-0.3, -0.25) is 0 Å². The molecule has 2 aromatic rings. The second-order valence-corrected chi connectivity index (χ2v) is 5.61. The molecule has 0 amide bonds. The van der Waals surface area contributed by atoms with Gasteiger partial charge in [0, 0.05) is 12.0 Å². The lowest BCUT2D eigenvalue weighted by molar-refractivity contribution is -0.858. The summed E-state index contributed by atoms with van der Waals surface area (Å²) in [6, 6.07) is 12.8. The number of hydrogen-bond acceptors (Lipinski definition) is 3. The van der Waals surface area contributed by atoms with E-state index in [9.17, 15) is 9.90 Å². The molecule has 0 radical (unpaired) electrons. The zero-order valence-electron chi connectivity index (χ0n) is 13.2. The predicted octanol–water partition coefficient (Wildman–Crippen LogP) is 0.413. The Bertz CT molecular complexity index is 648. The Hall–Kier alpha value is -2.33. The van der Waals surface area contributed by atoms with Gasteiger partial charge in [0.15, 0.2) is 0 Å². The van der Waals surface area contributed by atoms with E-state index in [-0.39, 0.29) is 5.56 Å². The predicted molar refractivity (Wildman–Crippen MR) is 84.1 cm³/mol. The number of aromatic carboxylic acids is 1. The number of quaternary nitrogens is 1. The van der Waals surface area contributed by atoms with Crippen molar-refractivity contribution in [1.82, 2.24) is 0 Å². The van der Waals surface area contributed by atoms with E-state index in [1.165, 1.54) is 10.5 Å². The second-order valence-electron chi connectivity index (χ2n) is 5.61. The molecule has 4 heteroatoms. The maximum absolute atomic E-state index is 10.8. The summed E-state index contributed by atoms with van der Waals surface area (Å²) < 4.78 is 5.49. The fraction of sp³-hybridized carbons (Fsp3) is 0.278. The van der Waals surface area contributed by atoms with Crippen LogP contribution in [0.2, 0.25) is 0 Å². The number of hydrogen-bond donors (Lipinski definition) is 1. The van der Waals surface area contributed by atoms with Gasteiger partial charge in [0.25, 0.3) is 0 Å².